The van der Waals surface area contributed by atoms with E-state index in [1.54, 1.807) is 4.90 Å². The van der Waals surface area contributed by atoms with Gasteiger partial charge in [-0.15, -0.1) is 10.2 Å². The van der Waals surface area contributed by atoms with E-state index in [0.717, 1.165) is 60.1 Å². The summed E-state index contributed by atoms with van der Waals surface area (Å²) in [6, 6.07) is 25.8. The number of aromatic amines is 1. The molecule has 43 heavy (non-hydrogen) atoms. The molecule has 9 heteroatoms. The average Bonchev–Trinajstić information content (AvgIpc) is 3.67. The van der Waals surface area contributed by atoms with Crippen molar-refractivity contribution in [2.45, 2.75) is 57.4 Å². The van der Waals surface area contributed by atoms with Crippen LogP contribution in [0.15, 0.2) is 78.9 Å². The van der Waals surface area contributed by atoms with E-state index in [0.29, 0.717) is 17.3 Å². The Labute approximate surface area is 250 Å². The van der Waals surface area contributed by atoms with Gasteiger partial charge in [0.1, 0.15) is 12.0 Å². The summed E-state index contributed by atoms with van der Waals surface area (Å²) in [4.78, 5) is 32.7. The van der Waals surface area contributed by atoms with Gasteiger partial charge in [0.15, 0.2) is 11.6 Å². The Bertz CT molecular complexity index is 1810. The Kier molecular flexibility index (Phi) is 6.80. The van der Waals surface area contributed by atoms with Gasteiger partial charge in [0.2, 0.25) is 11.8 Å². The second-order valence-corrected chi connectivity index (χ2v) is 11.8. The van der Waals surface area contributed by atoms with Gasteiger partial charge in [-0.25, -0.2) is 0 Å². The number of nitrogens with zero attached hydrogens (tertiary/aromatic N) is 6. The van der Waals surface area contributed by atoms with Gasteiger partial charge in [-0.1, -0.05) is 67.6 Å². The molecule has 2 amide bonds. The lowest BCUT2D eigenvalue weighted by molar-refractivity contribution is -0.135. The van der Waals surface area contributed by atoms with Crippen molar-refractivity contribution in [1.82, 2.24) is 29.9 Å². The molecule has 2 aliphatic rings. The van der Waals surface area contributed by atoms with E-state index in [9.17, 15) is 4.79 Å². The Morgan fingerprint density at radius 1 is 0.953 bits per heavy atom. The summed E-state index contributed by atoms with van der Waals surface area (Å²) < 4.78 is 2.00. The van der Waals surface area contributed by atoms with Crippen LogP contribution in [-0.4, -0.2) is 60.8 Å². The molecule has 0 spiro atoms. The summed E-state index contributed by atoms with van der Waals surface area (Å²) in [5.41, 5.74) is 2.81. The first-order valence-electron chi connectivity index (χ1n) is 15.1. The number of anilines is 1. The van der Waals surface area contributed by atoms with Crippen LogP contribution in [0.2, 0.25) is 0 Å². The molecule has 0 aliphatic carbocycles. The van der Waals surface area contributed by atoms with E-state index in [-0.39, 0.29) is 30.8 Å². The van der Waals surface area contributed by atoms with Crippen molar-refractivity contribution in [3.05, 3.63) is 90.4 Å². The lowest BCUT2D eigenvalue weighted by atomic mass is 9.82. The highest BCUT2D eigenvalue weighted by atomic mass is 16.2. The van der Waals surface area contributed by atoms with Crippen molar-refractivity contribution >= 4 is 28.4 Å². The number of hydrogen-bond acceptors (Lipinski definition) is 5. The fourth-order valence-corrected chi connectivity index (χ4v) is 6.81. The average molecular weight is 574 g/mol. The molecule has 2 unspecified atom stereocenters. The molecule has 9 nitrogen and oxygen atoms in total. The number of para-hydroxylation sites is 3. The molecule has 0 bridgehead atoms. The second kappa shape index (κ2) is 10.8. The van der Waals surface area contributed by atoms with Crippen molar-refractivity contribution in [1.29, 1.82) is 0 Å². The number of carbonyl (C=O) groups is 2. The number of amides is 2. The minimum atomic E-state index is -1.18. The first-order valence-corrected chi connectivity index (χ1v) is 15.1. The first kappa shape index (κ1) is 27.1. The number of likely N-dealkylation sites (tertiary alicyclic amines) is 1. The summed E-state index contributed by atoms with van der Waals surface area (Å²) in [6.07, 6.45) is 4.29. The van der Waals surface area contributed by atoms with E-state index in [4.69, 9.17) is 5.10 Å². The lowest BCUT2D eigenvalue weighted by Gasteiger charge is -2.37. The summed E-state index contributed by atoms with van der Waals surface area (Å²) in [6.45, 7) is 4.72. The summed E-state index contributed by atoms with van der Waals surface area (Å²) >= 11 is 0. The number of H-pyrrole nitrogens is 1. The molecule has 2 aromatic heterocycles. The molecule has 2 aliphatic heterocycles. The van der Waals surface area contributed by atoms with Gasteiger partial charge in [-0.3, -0.25) is 19.3 Å². The Balaban J connectivity index is 1.40. The monoisotopic (exact) mass is 573 g/mol. The summed E-state index contributed by atoms with van der Waals surface area (Å²) in [7, 11) is 0. The largest absolute Gasteiger partial charge is 0.338 e. The number of fused-ring (bicyclic) bond motifs is 4. The number of hydrogen-bond donors (Lipinski definition) is 1. The summed E-state index contributed by atoms with van der Waals surface area (Å²) in [5, 5.41) is 18.1. The molecular formula is C34H35N7O2. The quantitative estimate of drug-likeness (QED) is 0.291. The number of aromatic nitrogens is 5. The van der Waals surface area contributed by atoms with Gasteiger partial charge in [0, 0.05) is 30.0 Å². The predicted molar refractivity (Wildman–Crippen MR) is 166 cm³/mol. The highest BCUT2D eigenvalue weighted by molar-refractivity contribution is 6.07. The van der Waals surface area contributed by atoms with Crippen LogP contribution < -0.4 is 4.90 Å². The molecule has 2 atom stereocenters. The SMILES string of the molecule is CCC1CCCCN1C(=O)CN1C(=O)C(C)(Cc2n[nH]c3ccccc23)c2nnc(-c3ccccc3)n2-c2ccccc21. The fourth-order valence-electron chi connectivity index (χ4n) is 6.81. The van der Waals surface area contributed by atoms with Crippen molar-refractivity contribution in [3.8, 4) is 17.1 Å². The van der Waals surface area contributed by atoms with Gasteiger partial charge in [-0.2, -0.15) is 5.10 Å². The Morgan fingerprint density at radius 3 is 2.51 bits per heavy atom. The smallest absolute Gasteiger partial charge is 0.242 e. The lowest BCUT2D eigenvalue weighted by Crippen LogP contribution is -2.53. The molecule has 3 aromatic carbocycles. The number of nitrogens with one attached hydrogen (secondary N) is 1. The van der Waals surface area contributed by atoms with E-state index >= 15 is 4.79 Å². The topological polar surface area (TPSA) is 100 Å². The zero-order valence-electron chi connectivity index (χ0n) is 24.5. The third-order valence-electron chi connectivity index (χ3n) is 9.10. The third kappa shape index (κ3) is 4.50. The van der Waals surface area contributed by atoms with Crippen LogP contribution in [0.1, 0.15) is 51.0 Å². The van der Waals surface area contributed by atoms with Crippen LogP contribution in [0, 0.1) is 0 Å². The third-order valence-corrected chi connectivity index (χ3v) is 9.10. The molecule has 5 aromatic rings. The maximum atomic E-state index is 15.0. The van der Waals surface area contributed by atoms with Crippen molar-refractivity contribution in [2.75, 3.05) is 18.0 Å². The predicted octanol–water partition coefficient (Wildman–Crippen LogP) is 5.45. The van der Waals surface area contributed by atoms with E-state index in [1.165, 1.54) is 0 Å². The maximum absolute atomic E-state index is 15.0. The highest BCUT2D eigenvalue weighted by Crippen LogP contribution is 2.42. The van der Waals surface area contributed by atoms with E-state index in [2.05, 4.69) is 22.2 Å². The van der Waals surface area contributed by atoms with Gasteiger partial charge in [0.25, 0.3) is 0 Å². The Morgan fingerprint density at radius 2 is 1.70 bits per heavy atom. The molecule has 218 valence electrons. The van der Waals surface area contributed by atoms with E-state index in [1.807, 2.05) is 95.3 Å². The molecule has 4 heterocycles. The molecule has 7 rings (SSSR count). The van der Waals surface area contributed by atoms with Crippen LogP contribution >= 0.6 is 0 Å². The van der Waals surface area contributed by atoms with Crippen LogP contribution in [0.4, 0.5) is 5.69 Å². The molecule has 1 saturated heterocycles. The fraction of sp³-hybridized carbons (Fsp3) is 0.324. The standard InChI is InChI=1S/C34H35N7O2/c1-3-24-15-11-12-20-39(24)30(42)22-40-28-18-9-10-19-29(28)41-31(23-13-5-4-6-14-23)37-38-32(41)34(2,33(40)43)21-27-25-16-7-8-17-26(25)35-36-27/h4-10,13-14,16-19,24H,3,11-12,15,20-22H2,1-2H3,(H,35,36). The van der Waals surface area contributed by atoms with Crippen LogP contribution in [0.5, 0.6) is 0 Å². The molecule has 0 radical (unpaired) electrons. The molecular weight excluding hydrogens is 538 g/mol. The number of piperidine rings is 1. The minimum absolute atomic E-state index is 0.0248. The molecule has 1 N–H and O–H groups in total. The number of rotatable bonds is 6. The number of carbonyl (C=O) groups excluding carboxylic acids is 2. The van der Waals surface area contributed by atoms with Crippen LogP contribution in [-0.2, 0) is 21.4 Å². The molecule has 0 saturated carbocycles. The van der Waals surface area contributed by atoms with E-state index < -0.39 is 5.41 Å². The van der Waals surface area contributed by atoms with Crippen molar-refractivity contribution in [3.63, 3.8) is 0 Å². The second-order valence-electron chi connectivity index (χ2n) is 11.8. The van der Waals surface area contributed by atoms with Crippen LogP contribution in [0.25, 0.3) is 28.0 Å². The van der Waals surface area contributed by atoms with Crippen molar-refractivity contribution in [2.24, 2.45) is 0 Å². The normalized spacial score (nSPS) is 20.1. The first-order chi connectivity index (χ1) is 21.0. The highest BCUT2D eigenvalue weighted by Gasteiger charge is 2.48. The van der Waals surface area contributed by atoms with Gasteiger partial charge < -0.3 is 9.80 Å². The zero-order chi connectivity index (χ0) is 29.6. The number of benzene rings is 3. The zero-order valence-corrected chi connectivity index (χ0v) is 24.5. The minimum Gasteiger partial charge on any atom is -0.338 e. The Hall–Kier alpha value is -4.79. The van der Waals surface area contributed by atoms with Gasteiger partial charge >= 0.3 is 0 Å². The van der Waals surface area contributed by atoms with Crippen molar-refractivity contribution < 1.29 is 9.59 Å². The van der Waals surface area contributed by atoms with Crippen LogP contribution in [0.3, 0.4) is 0 Å². The maximum Gasteiger partial charge on any atom is 0.242 e. The molecule has 1 fully saturated rings. The summed E-state index contributed by atoms with van der Waals surface area (Å²) in [5.74, 6) is 0.943. The van der Waals surface area contributed by atoms with Gasteiger partial charge in [0.05, 0.1) is 22.6 Å². The van der Waals surface area contributed by atoms with Gasteiger partial charge in [-0.05, 0) is 50.8 Å².